The molecule has 0 bridgehead atoms. The molecule has 1 unspecified atom stereocenters. The van der Waals surface area contributed by atoms with Crippen molar-refractivity contribution in [3.8, 4) is 0 Å². The minimum atomic E-state index is -0.566. The maximum absolute atomic E-state index is 10.7. The number of aliphatic hydroxyl groups excluding tert-OH is 1. The van der Waals surface area contributed by atoms with E-state index in [2.05, 4.69) is 41.9 Å². The normalized spacial score (nSPS) is 12.4. The fourth-order valence-corrected chi connectivity index (χ4v) is 2.95. The van der Waals surface area contributed by atoms with E-state index in [1.807, 2.05) is 31.2 Å². The van der Waals surface area contributed by atoms with Crippen LogP contribution in [0.3, 0.4) is 0 Å². The number of benzene rings is 2. The van der Waals surface area contributed by atoms with Crippen molar-refractivity contribution in [3.63, 3.8) is 0 Å². The molecule has 2 heteroatoms. The molecule has 20 heavy (non-hydrogen) atoms. The van der Waals surface area contributed by atoms with Gasteiger partial charge < -0.3 is 5.11 Å². The highest BCUT2D eigenvalue weighted by Crippen LogP contribution is 2.29. The summed E-state index contributed by atoms with van der Waals surface area (Å²) in [5.41, 5.74) is 5.75. The SMILES string of the molecule is CCc1ccc(C(O)c2cc(Br)ccc2C)cc1CC. The fraction of sp³-hybridized carbons (Fsp3) is 0.333. The van der Waals surface area contributed by atoms with E-state index in [1.165, 1.54) is 11.1 Å². The quantitative estimate of drug-likeness (QED) is 0.838. The number of rotatable bonds is 4. The van der Waals surface area contributed by atoms with Crippen molar-refractivity contribution in [1.29, 1.82) is 0 Å². The van der Waals surface area contributed by atoms with Gasteiger partial charge in [-0.15, -0.1) is 0 Å². The van der Waals surface area contributed by atoms with Crippen molar-refractivity contribution in [1.82, 2.24) is 0 Å². The molecular formula is C18H21BrO. The van der Waals surface area contributed by atoms with E-state index in [1.54, 1.807) is 0 Å². The molecule has 0 aliphatic heterocycles. The highest BCUT2D eigenvalue weighted by atomic mass is 79.9. The number of hydrogen-bond acceptors (Lipinski definition) is 1. The van der Waals surface area contributed by atoms with Gasteiger partial charge in [0.15, 0.2) is 0 Å². The van der Waals surface area contributed by atoms with Crippen molar-refractivity contribution >= 4 is 15.9 Å². The van der Waals surface area contributed by atoms with E-state index in [0.717, 1.165) is 34.0 Å². The summed E-state index contributed by atoms with van der Waals surface area (Å²) in [5, 5.41) is 10.7. The maximum Gasteiger partial charge on any atom is 0.104 e. The molecule has 0 fully saturated rings. The van der Waals surface area contributed by atoms with Crippen LogP contribution in [0.15, 0.2) is 40.9 Å². The smallest absolute Gasteiger partial charge is 0.104 e. The van der Waals surface area contributed by atoms with Crippen LogP contribution in [0.4, 0.5) is 0 Å². The highest BCUT2D eigenvalue weighted by Gasteiger charge is 2.14. The van der Waals surface area contributed by atoms with E-state index in [9.17, 15) is 5.11 Å². The van der Waals surface area contributed by atoms with E-state index in [0.29, 0.717) is 0 Å². The lowest BCUT2D eigenvalue weighted by atomic mass is 9.93. The molecule has 0 radical (unpaired) electrons. The molecule has 0 aliphatic rings. The number of aryl methyl sites for hydroxylation is 3. The average Bonchev–Trinajstić information content (AvgIpc) is 2.48. The average molecular weight is 333 g/mol. The number of aliphatic hydroxyl groups is 1. The van der Waals surface area contributed by atoms with Crippen LogP contribution < -0.4 is 0 Å². The van der Waals surface area contributed by atoms with Gasteiger partial charge in [0.05, 0.1) is 0 Å². The summed E-state index contributed by atoms with van der Waals surface area (Å²) in [6.45, 7) is 6.37. The Morgan fingerprint density at radius 2 is 1.70 bits per heavy atom. The van der Waals surface area contributed by atoms with Gasteiger partial charge in [0.1, 0.15) is 6.10 Å². The van der Waals surface area contributed by atoms with E-state index in [4.69, 9.17) is 0 Å². The first-order chi connectivity index (χ1) is 9.56. The summed E-state index contributed by atoms with van der Waals surface area (Å²) < 4.78 is 0.998. The van der Waals surface area contributed by atoms with Crippen molar-refractivity contribution in [3.05, 3.63) is 68.7 Å². The van der Waals surface area contributed by atoms with Crippen LogP contribution in [-0.4, -0.2) is 5.11 Å². The third kappa shape index (κ3) is 3.13. The predicted molar refractivity (Wildman–Crippen MR) is 88.1 cm³/mol. The van der Waals surface area contributed by atoms with Crippen LogP contribution in [0.2, 0.25) is 0 Å². The van der Waals surface area contributed by atoms with Crippen LogP contribution in [0.5, 0.6) is 0 Å². The molecule has 1 nitrogen and oxygen atoms in total. The summed E-state index contributed by atoms with van der Waals surface area (Å²) in [6.07, 6.45) is 1.47. The molecule has 0 amide bonds. The number of halogens is 1. The van der Waals surface area contributed by atoms with E-state index >= 15 is 0 Å². The van der Waals surface area contributed by atoms with Gasteiger partial charge >= 0.3 is 0 Å². The molecule has 0 spiro atoms. The van der Waals surface area contributed by atoms with Gasteiger partial charge in [0.2, 0.25) is 0 Å². The Labute approximate surface area is 129 Å². The highest BCUT2D eigenvalue weighted by molar-refractivity contribution is 9.10. The lowest BCUT2D eigenvalue weighted by Gasteiger charge is -2.17. The Kier molecular flexibility index (Phi) is 5.00. The molecule has 0 saturated heterocycles. The fourth-order valence-electron chi connectivity index (χ4n) is 2.58. The van der Waals surface area contributed by atoms with Crippen LogP contribution in [0, 0.1) is 6.92 Å². The molecule has 2 aromatic rings. The summed E-state index contributed by atoms with van der Waals surface area (Å²) >= 11 is 3.48. The molecular weight excluding hydrogens is 312 g/mol. The zero-order chi connectivity index (χ0) is 14.7. The van der Waals surface area contributed by atoms with Crippen LogP contribution in [0.25, 0.3) is 0 Å². The maximum atomic E-state index is 10.7. The Bertz CT molecular complexity index is 604. The van der Waals surface area contributed by atoms with Crippen LogP contribution >= 0.6 is 15.9 Å². The second-order valence-electron chi connectivity index (χ2n) is 5.14. The van der Waals surface area contributed by atoms with Gasteiger partial charge in [-0.3, -0.25) is 0 Å². The zero-order valence-corrected chi connectivity index (χ0v) is 13.9. The van der Waals surface area contributed by atoms with Gasteiger partial charge in [0.25, 0.3) is 0 Å². The van der Waals surface area contributed by atoms with Crippen molar-refractivity contribution in [2.24, 2.45) is 0 Å². The minimum Gasteiger partial charge on any atom is -0.384 e. The molecule has 0 saturated carbocycles. The van der Waals surface area contributed by atoms with Gasteiger partial charge in [-0.2, -0.15) is 0 Å². The molecule has 0 aromatic heterocycles. The third-order valence-corrected chi connectivity index (χ3v) is 4.34. The van der Waals surface area contributed by atoms with Crippen LogP contribution in [0.1, 0.15) is 47.8 Å². The van der Waals surface area contributed by atoms with Crippen LogP contribution in [-0.2, 0) is 12.8 Å². The summed E-state index contributed by atoms with van der Waals surface area (Å²) in [6, 6.07) is 12.4. The van der Waals surface area contributed by atoms with Gasteiger partial charge in [0, 0.05) is 4.47 Å². The standard InChI is InChI=1S/C18H21BrO/c1-4-13-7-8-15(10-14(13)5-2)18(20)17-11-16(19)9-6-12(17)3/h6-11,18,20H,4-5H2,1-3H3. The molecule has 0 heterocycles. The topological polar surface area (TPSA) is 20.2 Å². The van der Waals surface area contributed by atoms with Crippen molar-refractivity contribution in [2.45, 2.75) is 39.7 Å². The lowest BCUT2D eigenvalue weighted by Crippen LogP contribution is -2.04. The first-order valence-corrected chi connectivity index (χ1v) is 7.91. The molecule has 0 aliphatic carbocycles. The molecule has 2 rings (SSSR count). The first-order valence-electron chi connectivity index (χ1n) is 7.12. The van der Waals surface area contributed by atoms with Crippen molar-refractivity contribution < 1.29 is 5.11 Å². The number of hydrogen-bond donors (Lipinski definition) is 1. The Hall–Kier alpha value is -1.12. The van der Waals surface area contributed by atoms with Gasteiger partial charge in [-0.1, -0.05) is 54.0 Å². The largest absolute Gasteiger partial charge is 0.384 e. The Balaban J connectivity index is 2.42. The Morgan fingerprint density at radius 1 is 1.00 bits per heavy atom. The zero-order valence-electron chi connectivity index (χ0n) is 12.3. The second-order valence-corrected chi connectivity index (χ2v) is 6.05. The van der Waals surface area contributed by atoms with Gasteiger partial charge in [-0.05, 0) is 59.7 Å². The second kappa shape index (κ2) is 6.55. The van der Waals surface area contributed by atoms with E-state index in [-0.39, 0.29) is 0 Å². The summed E-state index contributed by atoms with van der Waals surface area (Å²) in [5.74, 6) is 0. The molecule has 1 N–H and O–H groups in total. The summed E-state index contributed by atoms with van der Waals surface area (Å²) in [7, 11) is 0. The minimum absolute atomic E-state index is 0.566. The predicted octanol–water partition coefficient (Wildman–Crippen LogP) is 4.96. The van der Waals surface area contributed by atoms with Crippen molar-refractivity contribution in [2.75, 3.05) is 0 Å². The molecule has 2 aromatic carbocycles. The molecule has 106 valence electrons. The van der Waals surface area contributed by atoms with E-state index < -0.39 is 6.10 Å². The monoisotopic (exact) mass is 332 g/mol. The third-order valence-electron chi connectivity index (χ3n) is 3.84. The first kappa shape index (κ1) is 15.3. The Morgan fingerprint density at radius 3 is 2.35 bits per heavy atom. The summed E-state index contributed by atoms with van der Waals surface area (Å²) in [4.78, 5) is 0. The van der Waals surface area contributed by atoms with Gasteiger partial charge in [-0.25, -0.2) is 0 Å². The lowest BCUT2D eigenvalue weighted by molar-refractivity contribution is 0.219. The molecule has 1 atom stereocenters.